The number of hydrogen-bond donors (Lipinski definition) is 1. The first kappa shape index (κ1) is 16.0. The summed E-state index contributed by atoms with van der Waals surface area (Å²) in [6, 6.07) is 7.61. The summed E-state index contributed by atoms with van der Waals surface area (Å²) in [4.78, 5) is 24.1. The van der Waals surface area contributed by atoms with Crippen LogP contribution in [0.2, 0.25) is 5.02 Å². The normalized spacial score (nSPS) is 18.9. The minimum Gasteiger partial charge on any atom is -0.352 e. The van der Waals surface area contributed by atoms with Crippen LogP contribution in [-0.2, 0) is 9.59 Å². The van der Waals surface area contributed by atoms with Crippen molar-refractivity contribution < 1.29 is 9.59 Å². The number of rotatable bonds is 4. The Morgan fingerprint density at radius 2 is 1.91 bits per heavy atom. The lowest BCUT2D eigenvalue weighted by Crippen LogP contribution is -2.43. The topological polar surface area (TPSA) is 61.8 Å². The summed E-state index contributed by atoms with van der Waals surface area (Å²) in [6.45, 7) is -0.00752. The van der Waals surface area contributed by atoms with Crippen LogP contribution in [0.5, 0.6) is 0 Å². The summed E-state index contributed by atoms with van der Waals surface area (Å²) in [5, 5.41) is 9.31. The first-order chi connectivity index (χ1) is 11.1. The minimum absolute atomic E-state index is 0.00752. The molecule has 1 aliphatic heterocycles. The number of amides is 2. The molecule has 5 nitrogen and oxygen atoms in total. The fraction of sp³-hybridized carbons (Fsp3) is 0.471. The van der Waals surface area contributed by atoms with Crippen molar-refractivity contribution in [2.45, 2.75) is 44.6 Å². The maximum absolute atomic E-state index is 12.1. The lowest BCUT2D eigenvalue weighted by molar-refractivity contribution is -0.136. The Balaban J connectivity index is 1.67. The van der Waals surface area contributed by atoms with Crippen LogP contribution in [0.25, 0.3) is 0 Å². The van der Waals surface area contributed by atoms with E-state index < -0.39 is 0 Å². The Bertz CT molecular complexity index is 621. The van der Waals surface area contributed by atoms with Gasteiger partial charge in [-0.15, -0.1) is 0 Å². The molecule has 1 N–H and O–H groups in total. The highest BCUT2D eigenvalue weighted by molar-refractivity contribution is 6.30. The minimum atomic E-state index is -0.133. The fourth-order valence-corrected chi connectivity index (χ4v) is 3.18. The largest absolute Gasteiger partial charge is 0.352 e. The van der Waals surface area contributed by atoms with Crippen molar-refractivity contribution in [3.8, 4) is 0 Å². The number of halogens is 1. The zero-order chi connectivity index (χ0) is 16.2. The Morgan fingerprint density at radius 3 is 2.61 bits per heavy atom. The number of nitrogens with one attached hydrogen (secondary N) is 1. The van der Waals surface area contributed by atoms with E-state index in [1.54, 1.807) is 12.1 Å². The molecule has 6 heteroatoms. The van der Waals surface area contributed by atoms with Gasteiger partial charge in [0, 0.05) is 23.9 Å². The van der Waals surface area contributed by atoms with Gasteiger partial charge in [0.25, 0.3) is 0 Å². The van der Waals surface area contributed by atoms with Crippen LogP contribution in [0.15, 0.2) is 29.4 Å². The molecule has 0 bridgehead atoms. The van der Waals surface area contributed by atoms with E-state index in [1.165, 1.54) is 5.01 Å². The van der Waals surface area contributed by atoms with E-state index in [1.807, 2.05) is 12.1 Å². The molecule has 1 fully saturated rings. The smallest absolute Gasteiger partial charge is 0.243 e. The van der Waals surface area contributed by atoms with Gasteiger partial charge in [0.05, 0.1) is 5.71 Å². The highest BCUT2D eigenvalue weighted by Crippen LogP contribution is 2.19. The average molecular weight is 334 g/mol. The van der Waals surface area contributed by atoms with Crippen LogP contribution >= 0.6 is 11.6 Å². The monoisotopic (exact) mass is 333 g/mol. The number of carbonyl (C=O) groups is 2. The van der Waals surface area contributed by atoms with Crippen molar-refractivity contribution in [3.63, 3.8) is 0 Å². The van der Waals surface area contributed by atoms with Gasteiger partial charge < -0.3 is 5.32 Å². The van der Waals surface area contributed by atoms with E-state index in [0.29, 0.717) is 17.9 Å². The van der Waals surface area contributed by atoms with Gasteiger partial charge in [-0.1, -0.05) is 36.6 Å². The molecule has 0 unspecified atom stereocenters. The maximum atomic E-state index is 12.1. The van der Waals surface area contributed by atoms with Gasteiger partial charge in [-0.05, 0) is 30.5 Å². The Kier molecular flexibility index (Phi) is 4.96. The van der Waals surface area contributed by atoms with Gasteiger partial charge in [0.15, 0.2) is 0 Å². The van der Waals surface area contributed by atoms with E-state index in [-0.39, 0.29) is 24.4 Å². The van der Waals surface area contributed by atoms with Gasteiger partial charge in [-0.3, -0.25) is 9.59 Å². The molecule has 1 aliphatic carbocycles. The standard InChI is InChI=1S/C17H20ClN3O2/c18-13-7-5-12(6-8-13)15-9-10-17(23)21(20-15)11-16(22)19-14-3-1-2-4-14/h5-8,14H,1-4,9-11H2,(H,19,22). The zero-order valence-electron chi connectivity index (χ0n) is 12.9. The van der Waals surface area contributed by atoms with E-state index in [0.717, 1.165) is 37.0 Å². The van der Waals surface area contributed by atoms with Gasteiger partial charge >= 0.3 is 0 Å². The average Bonchev–Trinajstić information content (AvgIpc) is 3.03. The molecular formula is C17H20ClN3O2. The third kappa shape index (κ3) is 4.10. The van der Waals surface area contributed by atoms with Crippen molar-refractivity contribution in [3.05, 3.63) is 34.9 Å². The Hall–Kier alpha value is -1.88. The lowest BCUT2D eigenvalue weighted by Gasteiger charge is -2.24. The SMILES string of the molecule is O=C(CN1N=C(c2ccc(Cl)cc2)CCC1=O)NC1CCCC1. The zero-order valence-corrected chi connectivity index (χ0v) is 13.7. The highest BCUT2D eigenvalue weighted by atomic mass is 35.5. The number of hydrogen-bond acceptors (Lipinski definition) is 3. The first-order valence-electron chi connectivity index (χ1n) is 8.05. The summed E-state index contributed by atoms with van der Waals surface area (Å²) in [5.41, 5.74) is 1.75. The van der Waals surface area contributed by atoms with E-state index in [4.69, 9.17) is 11.6 Å². The van der Waals surface area contributed by atoms with Crippen LogP contribution in [0.3, 0.4) is 0 Å². The van der Waals surface area contributed by atoms with Crippen LogP contribution in [0.4, 0.5) is 0 Å². The third-order valence-corrected chi connectivity index (χ3v) is 4.55. The van der Waals surface area contributed by atoms with Gasteiger partial charge in [-0.2, -0.15) is 5.10 Å². The summed E-state index contributed by atoms with van der Waals surface area (Å²) in [7, 11) is 0. The van der Waals surface area contributed by atoms with Crippen molar-refractivity contribution in [2.75, 3.05) is 6.54 Å². The molecule has 0 radical (unpaired) electrons. The van der Waals surface area contributed by atoms with Crippen LogP contribution in [-0.4, -0.2) is 35.1 Å². The molecule has 122 valence electrons. The number of nitrogens with zero attached hydrogens (tertiary/aromatic N) is 2. The molecule has 0 saturated heterocycles. The molecule has 1 aromatic carbocycles. The molecular weight excluding hydrogens is 314 g/mol. The summed E-state index contributed by atoms with van der Waals surface area (Å²) >= 11 is 5.89. The predicted molar refractivity (Wildman–Crippen MR) is 89.3 cm³/mol. The Morgan fingerprint density at radius 1 is 1.22 bits per heavy atom. The first-order valence-corrected chi connectivity index (χ1v) is 8.43. The van der Waals surface area contributed by atoms with Crippen molar-refractivity contribution in [1.82, 2.24) is 10.3 Å². The molecule has 23 heavy (non-hydrogen) atoms. The Labute approximate surface area is 140 Å². The van der Waals surface area contributed by atoms with Crippen LogP contribution in [0.1, 0.15) is 44.1 Å². The molecule has 2 aliphatic rings. The number of hydrazone groups is 1. The van der Waals surface area contributed by atoms with Crippen LogP contribution in [0, 0.1) is 0 Å². The second-order valence-corrected chi connectivity index (χ2v) is 6.49. The second kappa shape index (κ2) is 7.13. The molecule has 1 aromatic rings. The van der Waals surface area contributed by atoms with Gasteiger partial charge in [0.1, 0.15) is 6.54 Å². The second-order valence-electron chi connectivity index (χ2n) is 6.05. The van der Waals surface area contributed by atoms with E-state index in [9.17, 15) is 9.59 Å². The highest BCUT2D eigenvalue weighted by Gasteiger charge is 2.25. The predicted octanol–water partition coefficient (Wildman–Crippen LogP) is 2.73. The lowest BCUT2D eigenvalue weighted by atomic mass is 10.0. The van der Waals surface area contributed by atoms with E-state index >= 15 is 0 Å². The molecule has 2 amide bonds. The quantitative estimate of drug-likeness (QED) is 0.921. The summed E-state index contributed by atoms with van der Waals surface area (Å²) < 4.78 is 0. The van der Waals surface area contributed by atoms with Gasteiger partial charge in [-0.25, -0.2) is 5.01 Å². The van der Waals surface area contributed by atoms with Gasteiger partial charge in [0.2, 0.25) is 11.8 Å². The molecule has 0 aromatic heterocycles. The number of carbonyl (C=O) groups excluding carboxylic acids is 2. The molecule has 3 rings (SSSR count). The van der Waals surface area contributed by atoms with Crippen molar-refractivity contribution in [2.24, 2.45) is 5.10 Å². The number of benzene rings is 1. The fourth-order valence-electron chi connectivity index (χ4n) is 3.05. The molecule has 1 saturated carbocycles. The van der Waals surface area contributed by atoms with Crippen molar-refractivity contribution >= 4 is 29.1 Å². The molecule has 0 spiro atoms. The summed E-state index contributed by atoms with van der Waals surface area (Å²) in [6.07, 6.45) is 5.33. The van der Waals surface area contributed by atoms with Crippen LogP contribution < -0.4 is 5.32 Å². The maximum Gasteiger partial charge on any atom is 0.243 e. The third-order valence-electron chi connectivity index (χ3n) is 4.30. The summed E-state index contributed by atoms with van der Waals surface area (Å²) in [5.74, 6) is -0.240. The van der Waals surface area contributed by atoms with E-state index in [2.05, 4.69) is 10.4 Å². The molecule has 0 atom stereocenters. The molecule has 1 heterocycles. The van der Waals surface area contributed by atoms with Crippen molar-refractivity contribution in [1.29, 1.82) is 0 Å².